The Morgan fingerprint density at radius 2 is 2.27 bits per heavy atom. The van der Waals surface area contributed by atoms with Crippen molar-refractivity contribution in [1.29, 1.82) is 0 Å². The highest BCUT2D eigenvalue weighted by molar-refractivity contribution is 8.13. The standard InChI is InChI=1S/C8H6O2S/c9-6-2-1-5-4-11-8(10)7(5)3-6/h1-3,9H,4H2. The van der Waals surface area contributed by atoms with Gasteiger partial charge in [0.15, 0.2) is 0 Å². The molecule has 1 aromatic rings. The van der Waals surface area contributed by atoms with Crippen molar-refractivity contribution >= 4 is 16.9 Å². The predicted octanol–water partition coefficient (Wildman–Crippen LogP) is 1.78. The molecule has 11 heavy (non-hydrogen) atoms. The number of fused-ring (bicyclic) bond motifs is 1. The molecule has 56 valence electrons. The molecule has 1 aliphatic rings. The van der Waals surface area contributed by atoms with E-state index in [-0.39, 0.29) is 10.9 Å². The van der Waals surface area contributed by atoms with Gasteiger partial charge < -0.3 is 5.11 Å². The zero-order valence-corrected chi connectivity index (χ0v) is 6.52. The molecule has 0 saturated carbocycles. The van der Waals surface area contributed by atoms with Gasteiger partial charge in [-0.05, 0) is 17.7 Å². The molecule has 0 atom stereocenters. The van der Waals surface area contributed by atoms with Crippen LogP contribution in [-0.2, 0) is 5.75 Å². The lowest BCUT2D eigenvalue weighted by Gasteiger charge is -1.95. The largest absolute Gasteiger partial charge is 0.508 e. The zero-order chi connectivity index (χ0) is 7.84. The number of carbonyl (C=O) groups is 1. The molecule has 0 saturated heterocycles. The van der Waals surface area contributed by atoms with Crippen LogP contribution in [-0.4, -0.2) is 10.2 Å². The maximum absolute atomic E-state index is 11.1. The predicted molar refractivity (Wildman–Crippen MR) is 43.7 cm³/mol. The van der Waals surface area contributed by atoms with E-state index in [1.807, 2.05) is 0 Å². The summed E-state index contributed by atoms with van der Waals surface area (Å²) in [5.41, 5.74) is 1.69. The Labute approximate surface area is 68.2 Å². The van der Waals surface area contributed by atoms with Gasteiger partial charge in [-0.15, -0.1) is 0 Å². The van der Waals surface area contributed by atoms with Crippen molar-refractivity contribution in [2.45, 2.75) is 5.75 Å². The first kappa shape index (κ1) is 6.73. The first-order valence-electron chi connectivity index (χ1n) is 3.26. The van der Waals surface area contributed by atoms with Gasteiger partial charge in [0.05, 0.1) is 0 Å². The monoisotopic (exact) mass is 166 g/mol. The van der Waals surface area contributed by atoms with Crippen molar-refractivity contribution in [3.8, 4) is 5.75 Å². The Kier molecular flexibility index (Phi) is 1.39. The molecule has 2 nitrogen and oxygen atoms in total. The van der Waals surface area contributed by atoms with Crippen LogP contribution in [0, 0.1) is 0 Å². The molecular weight excluding hydrogens is 160 g/mol. The molecule has 3 heteroatoms. The van der Waals surface area contributed by atoms with Gasteiger partial charge in [-0.2, -0.15) is 0 Å². The lowest BCUT2D eigenvalue weighted by Crippen LogP contribution is -1.86. The topological polar surface area (TPSA) is 37.3 Å². The lowest BCUT2D eigenvalue weighted by atomic mass is 10.1. The van der Waals surface area contributed by atoms with Gasteiger partial charge in [0.25, 0.3) is 0 Å². The SMILES string of the molecule is O=C1SCc2ccc(O)cc21. The minimum Gasteiger partial charge on any atom is -0.508 e. The molecule has 0 aliphatic carbocycles. The second-order valence-electron chi connectivity index (χ2n) is 2.42. The first-order chi connectivity index (χ1) is 5.27. The summed E-state index contributed by atoms with van der Waals surface area (Å²) < 4.78 is 0. The van der Waals surface area contributed by atoms with Crippen LogP contribution in [0.1, 0.15) is 15.9 Å². The minimum absolute atomic E-state index is 0.0656. The Balaban J connectivity index is 2.60. The van der Waals surface area contributed by atoms with E-state index in [1.165, 1.54) is 17.8 Å². The molecule has 1 aromatic carbocycles. The van der Waals surface area contributed by atoms with Crippen molar-refractivity contribution in [2.75, 3.05) is 0 Å². The van der Waals surface area contributed by atoms with E-state index < -0.39 is 0 Å². The highest BCUT2D eigenvalue weighted by Crippen LogP contribution is 2.31. The molecule has 0 fully saturated rings. The summed E-state index contributed by atoms with van der Waals surface area (Å²) in [6.45, 7) is 0. The molecule has 0 radical (unpaired) electrons. The van der Waals surface area contributed by atoms with Crippen molar-refractivity contribution in [2.24, 2.45) is 0 Å². The minimum atomic E-state index is 0.0656. The van der Waals surface area contributed by atoms with Crippen LogP contribution in [0.4, 0.5) is 0 Å². The summed E-state index contributed by atoms with van der Waals surface area (Å²) in [6, 6.07) is 4.93. The number of benzene rings is 1. The van der Waals surface area contributed by atoms with Crippen LogP contribution in [0.15, 0.2) is 18.2 Å². The van der Waals surface area contributed by atoms with Crippen molar-refractivity contribution in [1.82, 2.24) is 0 Å². The van der Waals surface area contributed by atoms with Gasteiger partial charge in [-0.25, -0.2) is 0 Å². The number of rotatable bonds is 0. The number of thioether (sulfide) groups is 1. The average molecular weight is 166 g/mol. The molecule has 0 spiro atoms. The van der Waals surface area contributed by atoms with E-state index in [9.17, 15) is 4.79 Å². The fourth-order valence-electron chi connectivity index (χ4n) is 1.10. The molecule has 1 aliphatic heterocycles. The Hall–Kier alpha value is -0.960. The van der Waals surface area contributed by atoms with Gasteiger partial charge in [0.1, 0.15) is 5.75 Å². The number of aromatic hydroxyl groups is 1. The first-order valence-corrected chi connectivity index (χ1v) is 4.25. The van der Waals surface area contributed by atoms with Gasteiger partial charge in [-0.3, -0.25) is 4.79 Å². The highest BCUT2D eigenvalue weighted by Gasteiger charge is 2.19. The molecule has 0 unspecified atom stereocenters. The van der Waals surface area contributed by atoms with E-state index in [2.05, 4.69) is 0 Å². The molecule has 1 heterocycles. The van der Waals surface area contributed by atoms with Gasteiger partial charge in [0.2, 0.25) is 5.12 Å². The van der Waals surface area contributed by atoms with Crippen LogP contribution in [0.2, 0.25) is 0 Å². The molecule has 1 N–H and O–H groups in total. The van der Waals surface area contributed by atoms with E-state index in [4.69, 9.17) is 5.11 Å². The maximum atomic E-state index is 11.1. The van der Waals surface area contributed by atoms with Crippen LogP contribution in [0.5, 0.6) is 5.75 Å². The number of hydrogen-bond donors (Lipinski definition) is 1. The van der Waals surface area contributed by atoms with E-state index in [1.54, 1.807) is 12.1 Å². The Bertz CT molecular complexity index is 320. The van der Waals surface area contributed by atoms with Crippen molar-refractivity contribution < 1.29 is 9.90 Å². The Morgan fingerprint density at radius 1 is 1.45 bits per heavy atom. The number of phenolic OH excluding ortho intramolecular Hbond substituents is 1. The fraction of sp³-hybridized carbons (Fsp3) is 0.125. The normalized spacial score (nSPS) is 15.1. The zero-order valence-electron chi connectivity index (χ0n) is 5.70. The summed E-state index contributed by atoms with van der Waals surface area (Å²) in [4.78, 5) is 11.1. The quantitative estimate of drug-likeness (QED) is 0.638. The molecule has 0 aromatic heterocycles. The van der Waals surface area contributed by atoms with E-state index in [0.717, 1.165) is 11.3 Å². The van der Waals surface area contributed by atoms with Crippen LogP contribution in [0.25, 0.3) is 0 Å². The van der Waals surface area contributed by atoms with E-state index >= 15 is 0 Å². The number of phenols is 1. The lowest BCUT2D eigenvalue weighted by molar-refractivity contribution is 0.109. The third-order valence-electron chi connectivity index (χ3n) is 1.67. The smallest absolute Gasteiger partial charge is 0.220 e. The van der Waals surface area contributed by atoms with Crippen LogP contribution < -0.4 is 0 Å². The van der Waals surface area contributed by atoms with Crippen LogP contribution >= 0.6 is 11.8 Å². The third kappa shape index (κ3) is 1.01. The fourth-order valence-corrected chi connectivity index (χ4v) is 1.99. The van der Waals surface area contributed by atoms with E-state index in [0.29, 0.717) is 5.56 Å². The van der Waals surface area contributed by atoms with Gasteiger partial charge >= 0.3 is 0 Å². The summed E-state index contributed by atoms with van der Waals surface area (Å²) in [5.74, 6) is 0.911. The average Bonchev–Trinajstić information content (AvgIpc) is 2.33. The summed E-state index contributed by atoms with van der Waals surface area (Å²) in [6.07, 6.45) is 0. The second kappa shape index (κ2) is 2.27. The second-order valence-corrected chi connectivity index (χ2v) is 3.37. The number of hydrogen-bond acceptors (Lipinski definition) is 3. The molecular formula is C8H6O2S. The maximum Gasteiger partial charge on any atom is 0.220 e. The molecule has 0 amide bonds. The summed E-state index contributed by atoms with van der Waals surface area (Å²) >= 11 is 1.28. The summed E-state index contributed by atoms with van der Waals surface area (Å²) in [5, 5.41) is 9.12. The summed E-state index contributed by atoms with van der Waals surface area (Å²) in [7, 11) is 0. The van der Waals surface area contributed by atoms with Gasteiger partial charge in [0, 0.05) is 11.3 Å². The van der Waals surface area contributed by atoms with Crippen molar-refractivity contribution in [3.63, 3.8) is 0 Å². The molecule has 2 rings (SSSR count). The highest BCUT2D eigenvalue weighted by atomic mass is 32.2. The van der Waals surface area contributed by atoms with Gasteiger partial charge in [-0.1, -0.05) is 17.8 Å². The third-order valence-corrected chi connectivity index (χ3v) is 2.61. The Morgan fingerprint density at radius 3 is 3.09 bits per heavy atom. The number of carbonyl (C=O) groups excluding carboxylic acids is 1. The van der Waals surface area contributed by atoms with Crippen LogP contribution in [0.3, 0.4) is 0 Å². The van der Waals surface area contributed by atoms with Crippen molar-refractivity contribution in [3.05, 3.63) is 29.3 Å². The molecule has 0 bridgehead atoms.